The Morgan fingerprint density at radius 2 is 2.09 bits per heavy atom. The Bertz CT molecular complexity index is 1330. The molecule has 8 nitrogen and oxygen atoms in total. The second-order valence-corrected chi connectivity index (χ2v) is 7.60. The first-order valence-corrected chi connectivity index (χ1v) is 11.1. The van der Waals surface area contributed by atoms with E-state index in [1.807, 2.05) is 55.7 Å². The molecule has 0 atom stereocenters. The third kappa shape index (κ3) is 6.76. The molecular formula is C27H28N6O2. The van der Waals surface area contributed by atoms with Crippen molar-refractivity contribution in [2.24, 2.45) is 0 Å². The summed E-state index contributed by atoms with van der Waals surface area (Å²) in [6.45, 7) is 5.01. The number of carbonyl (C=O) groups excluding carboxylic acids is 1. The number of methoxy groups -OCH3 is 1. The Morgan fingerprint density at radius 1 is 1.26 bits per heavy atom. The van der Waals surface area contributed by atoms with E-state index in [2.05, 4.69) is 32.2 Å². The number of benzene rings is 2. The number of anilines is 1. The highest BCUT2D eigenvalue weighted by Gasteiger charge is 2.11. The van der Waals surface area contributed by atoms with Crippen LogP contribution in [0.25, 0.3) is 22.0 Å². The largest absolute Gasteiger partial charge is 0.495 e. The molecule has 3 N–H and O–H groups in total. The number of nitrogens with zero attached hydrogens (tertiary/aromatic N) is 3. The van der Waals surface area contributed by atoms with Crippen molar-refractivity contribution in [3.05, 3.63) is 84.6 Å². The van der Waals surface area contributed by atoms with Crippen molar-refractivity contribution in [3.8, 4) is 23.1 Å². The van der Waals surface area contributed by atoms with E-state index in [-0.39, 0.29) is 0 Å². The highest BCUT2D eigenvalue weighted by molar-refractivity contribution is 5.99. The first kappa shape index (κ1) is 25.1. The molecule has 0 amide bonds. The molecule has 0 fully saturated rings. The summed E-state index contributed by atoms with van der Waals surface area (Å²) in [4.78, 5) is 22.4. The molecular weight excluding hydrogens is 440 g/mol. The zero-order chi connectivity index (χ0) is 25.0. The molecule has 0 aliphatic heterocycles. The van der Waals surface area contributed by atoms with Crippen LogP contribution in [0, 0.1) is 11.3 Å². The van der Waals surface area contributed by atoms with Crippen LogP contribution in [0.4, 0.5) is 5.69 Å². The van der Waals surface area contributed by atoms with Gasteiger partial charge in [0, 0.05) is 48.4 Å². The second-order valence-electron chi connectivity index (χ2n) is 7.60. The number of carbonyl (C=O) groups is 1. The fraction of sp³-hybridized carbons (Fsp3) is 0.185. The molecule has 0 radical (unpaired) electrons. The van der Waals surface area contributed by atoms with Crippen molar-refractivity contribution in [1.29, 1.82) is 5.26 Å². The number of pyridine rings is 1. The van der Waals surface area contributed by atoms with Gasteiger partial charge < -0.3 is 20.4 Å². The Morgan fingerprint density at radius 3 is 2.77 bits per heavy atom. The van der Waals surface area contributed by atoms with Crippen molar-refractivity contribution in [2.75, 3.05) is 32.6 Å². The summed E-state index contributed by atoms with van der Waals surface area (Å²) in [6, 6.07) is 17.2. The van der Waals surface area contributed by atoms with E-state index in [0.29, 0.717) is 29.3 Å². The minimum Gasteiger partial charge on any atom is -0.495 e. The van der Waals surface area contributed by atoms with E-state index in [1.54, 1.807) is 25.4 Å². The predicted octanol–water partition coefficient (Wildman–Crippen LogP) is 4.39. The highest BCUT2D eigenvalue weighted by atomic mass is 16.5. The molecule has 8 heteroatoms. The zero-order valence-corrected chi connectivity index (χ0v) is 19.8. The molecule has 2 aromatic carbocycles. The number of ether oxygens (including phenoxy) is 1. The van der Waals surface area contributed by atoms with Crippen molar-refractivity contribution >= 4 is 22.7 Å². The molecule has 0 unspecified atom stereocenters. The van der Waals surface area contributed by atoms with E-state index in [1.165, 1.54) is 0 Å². The summed E-state index contributed by atoms with van der Waals surface area (Å²) in [5.74, 6) is 1.72. The van der Waals surface area contributed by atoms with Crippen LogP contribution in [0.15, 0.2) is 73.1 Å². The number of hydrogen-bond donors (Lipinski definition) is 3. The smallest absolute Gasteiger partial charge is 0.168 e. The lowest BCUT2D eigenvalue weighted by Gasteiger charge is -2.15. The molecule has 4 aromatic rings. The molecule has 35 heavy (non-hydrogen) atoms. The average molecular weight is 469 g/mol. The Balaban J connectivity index is 0.000000320. The average Bonchev–Trinajstić information content (AvgIpc) is 3.44. The van der Waals surface area contributed by atoms with E-state index < -0.39 is 0 Å². The van der Waals surface area contributed by atoms with E-state index >= 15 is 0 Å². The summed E-state index contributed by atoms with van der Waals surface area (Å²) in [5, 5.41) is 17.2. The topological polar surface area (TPSA) is 116 Å². The standard InChI is InChI=1S/C21H17N3O2.C6H11N3/c1-14(11-22)12-23-21-18-10-16(19-5-3-4-17(13-25)24-19)7-6-15(18)8-9-20(21)26-2;1-7-3-2-6-8-4-5-9-6/h3-10,13,23H,1,12H2,2H3;4-5,7H,2-3H2,1H3,(H,8,9). The van der Waals surface area contributed by atoms with Crippen LogP contribution in [0.1, 0.15) is 16.3 Å². The zero-order valence-electron chi connectivity index (χ0n) is 19.8. The molecule has 0 bridgehead atoms. The van der Waals surface area contributed by atoms with Gasteiger partial charge in [-0.25, -0.2) is 9.97 Å². The number of likely N-dealkylation sites (N-methyl/N-ethyl adjacent to an activating group) is 1. The number of aromatic amines is 1. The monoisotopic (exact) mass is 468 g/mol. The van der Waals surface area contributed by atoms with Gasteiger partial charge in [-0.3, -0.25) is 4.79 Å². The maximum atomic E-state index is 11.0. The van der Waals surface area contributed by atoms with Gasteiger partial charge >= 0.3 is 0 Å². The van der Waals surface area contributed by atoms with Crippen LogP contribution in [0.5, 0.6) is 5.75 Å². The van der Waals surface area contributed by atoms with Gasteiger partial charge in [0.15, 0.2) is 6.29 Å². The van der Waals surface area contributed by atoms with Gasteiger partial charge in [-0.15, -0.1) is 0 Å². The van der Waals surface area contributed by atoms with Crippen molar-refractivity contribution in [3.63, 3.8) is 0 Å². The fourth-order valence-corrected chi connectivity index (χ4v) is 3.40. The van der Waals surface area contributed by atoms with Gasteiger partial charge in [0.1, 0.15) is 17.3 Å². The summed E-state index contributed by atoms with van der Waals surface area (Å²) >= 11 is 0. The minimum atomic E-state index is 0.328. The maximum absolute atomic E-state index is 11.0. The number of nitriles is 1. The number of fused-ring (bicyclic) bond motifs is 1. The summed E-state index contributed by atoms with van der Waals surface area (Å²) in [6.07, 6.45) is 5.31. The second kappa shape index (κ2) is 12.7. The lowest BCUT2D eigenvalue weighted by atomic mass is 10.0. The van der Waals surface area contributed by atoms with E-state index in [0.717, 1.165) is 47.1 Å². The van der Waals surface area contributed by atoms with Gasteiger partial charge in [-0.05, 0) is 36.7 Å². The number of H-pyrrole nitrogens is 1. The Labute approximate surface area is 204 Å². The van der Waals surface area contributed by atoms with Gasteiger partial charge in [0.05, 0.1) is 24.6 Å². The van der Waals surface area contributed by atoms with Crippen molar-refractivity contribution < 1.29 is 9.53 Å². The van der Waals surface area contributed by atoms with Crippen molar-refractivity contribution in [2.45, 2.75) is 6.42 Å². The highest BCUT2D eigenvalue weighted by Crippen LogP contribution is 2.35. The molecule has 0 saturated heterocycles. The molecule has 2 aromatic heterocycles. The van der Waals surface area contributed by atoms with Gasteiger partial charge in [0.2, 0.25) is 0 Å². The van der Waals surface area contributed by atoms with Crippen LogP contribution in [-0.4, -0.2) is 48.5 Å². The summed E-state index contributed by atoms with van der Waals surface area (Å²) < 4.78 is 5.46. The summed E-state index contributed by atoms with van der Waals surface area (Å²) in [5.41, 5.74) is 3.20. The van der Waals surface area contributed by atoms with Crippen molar-refractivity contribution in [1.82, 2.24) is 20.3 Å². The maximum Gasteiger partial charge on any atom is 0.168 e. The quantitative estimate of drug-likeness (QED) is 0.246. The molecule has 0 aliphatic carbocycles. The Kier molecular flexibility index (Phi) is 9.11. The number of hydrogen-bond acceptors (Lipinski definition) is 7. The molecule has 2 heterocycles. The first-order chi connectivity index (χ1) is 17.1. The van der Waals surface area contributed by atoms with E-state index in [9.17, 15) is 4.79 Å². The predicted molar refractivity (Wildman–Crippen MR) is 139 cm³/mol. The third-order valence-corrected chi connectivity index (χ3v) is 5.19. The SMILES string of the molecule is C=C(C#N)CNc1c(OC)ccc2ccc(-c3cccc(C=O)n3)cc12.CNCCc1ncc[nH]1. The number of aldehydes is 1. The number of nitrogens with one attached hydrogen (secondary N) is 3. The number of aromatic nitrogens is 3. The molecule has 0 spiro atoms. The van der Waals surface area contributed by atoms with Crippen LogP contribution in [-0.2, 0) is 6.42 Å². The third-order valence-electron chi connectivity index (χ3n) is 5.19. The van der Waals surface area contributed by atoms with Gasteiger partial charge in [0.25, 0.3) is 0 Å². The van der Waals surface area contributed by atoms with Gasteiger partial charge in [-0.2, -0.15) is 5.26 Å². The molecule has 178 valence electrons. The molecule has 0 aliphatic rings. The number of rotatable bonds is 9. The fourth-order valence-electron chi connectivity index (χ4n) is 3.40. The number of imidazole rings is 1. The Hall–Kier alpha value is -4.48. The molecule has 0 saturated carbocycles. The van der Waals surface area contributed by atoms with Gasteiger partial charge in [-0.1, -0.05) is 30.8 Å². The first-order valence-electron chi connectivity index (χ1n) is 11.1. The van der Waals surface area contributed by atoms with Crippen LogP contribution >= 0.6 is 0 Å². The summed E-state index contributed by atoms with van der Waals surface area (Å²) in [7, 11) is 3.54. The minimum absolute atomic E-state index is 0.328. The molecule has 4 rings (SSSR count). The van der Waals surface area contributed by atoms with Crippen LogP contribution in [0.3, 0.4) is 0 Å². The van der Waals surface area contributed by atoms with E-state index in [4.69, 9.17) is 10.00 Å². The van der Waals surface area contributed by atoms with Crippen LogP contribution in [0.2, 0.25) is 0 Å². The normalized spacial score (nSPS) is 10.1. The lowest BCUT2D eigenvalue weighted by Crippen LogP contribution is -2.10. The van der Waals surface area contributed by atoms with Crippen LogP contribution < -0.4 is 15.4 Å². The lowest BCUT2D eigenvalue weighted by molar-refractivity contribution is 0.111.